The monoisotopic (exact) mass is 375 g/mol. The summed E-state index contributed by atoms with van der Waals surface area (Å²) in [7, 11) is 0. The fourth-order valence-electron chi connectivity index (χ4n) is 2.54. The average Bonchev–Trinajstić information content (AvgIpc) is 3.23. The van der Waals surface area contributed by atoms with Gasteiger partial charge in [0.2, 0.25) is 0 Å². The maximum atomic E-state index is 12.3. The van der Waals surface area contributed by atoms with Crippen LogP contribution in [0.1, 0.15) is 47.8 Å². The van der Waals surface area contributed by atoms with E-state index in [4.69, 9.17) is 9.15 Å². The molecule has 8 heteroatoms. The third-order valence-corrected chi connectivity index (χ3v) is 4.26. The normalized spacial score (nSPS) is 11.7. The Hall–Kier alpha value is -3.03. The number of aryl methyl sites for hydroxylation is 1. The number of ether oxygens (including phenoxy) is 1. The summed E-state index contributed by atoms with van der Waals surface area (Å²) in [6.07, 6.45) is 2.33. The lowest BCUT2D eigenvalue weighted by molar-refractivity contribution is -0.123. The third kappa shape index (κ3) is 5.47. The van der Waals surface area contributed by atoms with Gasteiger partial charge < -0.3 is 19.0 Å². The van der Waals surface area contributed by atoms with E-state index in [-0.39, 0.29) is 6.04 Å². The van der Waals surface area contributed by atoms with Gasteiger partial charge in [0.1, 0.15) is 5.76 Å². The number of furan rings is 1. The first-order chi connectivity index (χ1) is 12.8. The zero-order valence-corrected chi connectivity index (χ0v) is 16.0. The maximum Gasteiger partial charge on any atom is 0.340 e. The smallest absolute Gasteiger partial charge is 0.340 e. The number of nitrogens with one attached hydrogen (secondary N) is 2. The molecule has 0 spiro atoms. The fraction of sp³-hybridized carbons (Fsp3) is 0.421. The van der Waals surface area contributed by atoms with Crippen molar-refractivity contribution in [2.24, 2.45) is 0 Å². The van der Waals surface area contributed by atoms with Gasteiger partial charge in [-0.15, -0.1) is 0 Å². The number of amides is 3. The Labute approximate surface area is 157 Å². The standard InChI is InChI=1S/C19H25N3O5/c1-5-12(2)20-19(25)21-17(23)11-27-18(24)16-9-13(3)22(14(16)4)10-15-7-6-8-26-15/h6-9,12H,5,10-11H2,1-4H3,(H2,20,21,23,25)/t12-/m1/s1. The lowest BCUT2D eigenvalue weighted by Crippen LogP contribution is -2.44. The second-order valence-corrected chi connectivity index (χ2v) is 6.36. The van der Waals surface area contributed by atoms with Gasteiger partial charge in [-0.25, -0.2) is 9.59 Å². The van der Waals surface area contributed by atoms with E-state index in [1.54, 1.807) is 25.3 Å². The van der Waals surface area contributed by atoms with E-state index in [0.29, 0.717) is 17.8 Å². The molecule has 0 aromatic carbocycles. The number of carbonyl (C=O) groups is 3. The number of nitrogens with zero attached hydrogens (tertiary/aromatic N) is 1. The van der Waals surface area contributed by atoms with E-state index in [1.165, 1.54) is 0 Å². The first-order valence-electron chi connectivity index (χ1n) is 8.78. The maximum absolute atomic E-state index is 12.3. The highest BCUT2D eigenvalue weighted by Gasteiger charge is 2.19. The molecule has 2 aromatic heterocycles. The van der Waals surface area contributed by atoms with E-state index >= 15 is 0 Å². The van der Waals surface area contributed by atoms with Crippen LogP contribution in [0, 0.1) is 13.8 Å². The van der Waals surface area contributed by atoms with Gasteiger partial charge in [-0.3, -0.25) is 10.1 Å². The average molecular weight is 375 g/mol. The molecule has 2 rings (SSSR count). The lowest BCUT2D eigenvalue weighted by Gasteiger charge is -2.12. The number of carbonyl (C=O) groups excluding carboxylic acids is 3. The van der Waals surface area contributed by atoms with Crippen molar-refractivity contribution in [2.75, 3.05) is 6.61 Å². The zero-order valence-electron chi connectivity index (χ0n) is 16.0. The topological polar surface area (TPSA) is 103 Å². The highest BCUT2D eigenvalue weighted by atomic mass is 16.5. The molecule has 2 aromatic rings. The summed E-state index contributed by atoms with van der Waals surface area (Å²) in [5.41, 5.74) is 1.95. The third-order valence-electron chi connectivity index (χ3n) is 4.26. The Balaban J connectivity index is 1.92. The van der Waals surface area contributed by atoms with Crippen LogP contribution in [-0.4, -0.2) is 35.1 Å². The Morgan fingerprint density at radius 1 is 1.30 bits per heavy atom. The summed E-state index contributed by atoms with van der Waals surface area (Å²) in [4.78, 5) is 35.7. The number of imide groups is 1. The Morgan fingerprint density at radius 3 is 2.67 bits per heavy atom. The number of hydrogen-bond donors (Lipinski definition) is 2. The van der Waals surface area contributed by atoms with Gasteiger partial charge in [0.25, 0.3) is 5.91 Å². The van der Waals surface area contributed by atoms with Gasteiger partial charge in [-0.05, 0) is 45.4 Å². The first kappa shape index (κ1) is 20.3. The molecule has 2 N–H and O–H groups in total. The van der Waals surface area contributed by atoms with Crippen LogP contribution in [0.4, 0.5) is 4.79 Å². The Morgan fingerprint density at radius 2 is 2.04 bits per heavy atom. The van der Waals surface area contributed by atoms with Crippen LogP contribution in [0.2, 0.25) is 0 Å². The van der Waals surface area contributed by atoms with Crippen molar-refractivity contribution in [1.29, 1.82) is 0 Å². The van der Waals surface area contributed by atoms with Gasteiger partial charge in [-0.2, -0.15) is 0 Å². The lowest BCUT2D eigenvalue weighted by atomic mass is 10.2. The molecule has 0 radical (unpaired) electrons. The predicted molar refractivity (Wildman–Crippen MR) is 98.4 cm³/mol. The number of esters is 1. The Kier molecular flexibility index (Phi) is 6.81. The molecule has 146 valence electrons. The highest BCUT2D eigenvalue weighted by Crippen LogP contribution is 2.18. The predicted octanol–water partition coefficient (Wildman–Crippen LogP) is 2.53. The molecule has 0 saturated carbocycles. The minimum Gasteiger partial charge on any atom is -0.467 e. The quantitative estimate of drug-likeness (QED) is 0.724. The van der Waals surface area contributed by atoms with Crippen molar-refractivity contribution in [3.63, 3.8) is 0 Å². The van der Waals surface area contributed by atoms with Gasteiger partial charge in [0.05, 0.1) is 18.4 Å². The molecule has 1 atom stereocenters. The number of urea groups is 1. The molecule has 0 aliphatic carbocycles. The van der Waals surface area contributed by atoms with Crippen LogP contribution < -0.4 is 10.6 Å². The molecule has 0 bridgehead atoms. The molecular weight excluding hydrogens is 350 g/mol. The molecule has 0 unspecified atom stereocenters. The first-order valence-corrected chi connectivity index (χ1v) is 8.78. The van der Waals surface area contributed by atoms with Gasteiger partial charge in [0.15, 0.2) is 6.61 Å². The highest BCUT2D eigenvalue weighted by molar-refractivity contribution is 5.97. The minimum absolute atomic E-state index is 0.0556. The fourth-order valence-corrected chi connectivity index (χ4v) is 2.54. The molecule has 2 heterocycles. The summed E-state index contributed by atoms with van der Waals surface area (Å²) in [5, 5.41) is 4.73. The van der Waals surface area contributed by atoms with Crippen LogP contribution in [0.3, 0.4) is 0 Å². The van der Waals surface area contributed by atoms with Crippen molar-refractivity contribution in [3.8, 4) is 0 Å². The second-order valence-electron chi connectivity index (χ2n) is 6.36. The van der Waals surface area contributed by atoms with Crippen LogP contribution in [0.15, 0.2) is 28.9 Å². The molecule has 0 saturated heterocycles. The van der Waals surface area contributed by atoms with Crippen LogP contribution in [0.25, 0.3) is 0 Å². The van der Waals surface area contributed by atoms with E-state index in [0.717, 1.165) is 17.9 Å². The summed E-state index contributed by atoms with van der Waals surface area (Å²) >= 11 is 0. The number of hydrogen-bond acceptors (Lipinski definition) is 5. The largest absolute Gasteiger partial charge is 0.467 e. The summed E-state index contributed by atoms with van der Waals surface area (Å²) in [6, 6.07) is 4.69. The van der Waals surface area contributed by atoms with Crippen molar-refractivity contribution >= 4 is 17.9 Å². The van der Waals surface area contributed by atoms with E-state index < -0.39 is 24.5 Å². The van der Waals surface area contributed by atoms with Gasteiger partial charge in [-0.1, -0.05) is 6.92 Å². The molecule has 27 heavy (non-hydrogen) atoms. The molecule has 0 aliphatic rings. The van der Waals surface area contributed by atoms with E-state index in [1.807, 2.05) is 31.4 Å². The molecule has 0 aliphatic heterocycles. The minimum atomic E-state index is -0.687. The van der Waals surface area contributed by atoms with Crippen LogP contribution >= 0.6 is 0 Å². The van der Waals surface area contributed by atoms with Crippen molar-refractivity contribution in [3.05, 3.63) is 47.2 Å². The van der Waals surface area contributed by atoms with Crippen molar-refractivity contribution in [1.82, 2.24) is 15.2 Å². The molecule has 3 amide bonds. The molecule has 0 fully saturated rings. The van der Waals surface area contributed by atoms with Gasteiger partial charge in [0, 0.05) is 17.4 Å². The van der Waals surface area contributed by atoms with Crippen molar-refractivity contribution < 1.29 is 23.5 Å². The van der Waals surface area contributed by atoms with E-state index in [9.17, 15) is 14.4 Å². The molecular formula is C19H25N3O5. The number of aromatic nitrogens is 1. The zero-order chi connectivity index (χ0) is 20.0. The SMILES string of the molecule is CC[C@@H](C)NC(=O)NC(=O)COC(=O)c1cc(C)n(Cc2ccco2)c1C. The Bertz CT molecular complexity index is 808. The second kappa shape index (κ2) is 9.07. The van der Waals surface area contributed by atoms with Crippen LogP contribution in [-0.2, 0) is 16.1 Å². The van der Waals surface area contributed by atoms with Crippen molar-refractivity contribution in [2.45, 2.75) is 46.7 Å². The van der Waals surface area contributed by atoms with E-state index in [2.05, 4.69) is 10.6 Å². The number of rotatable bonds is 7. The van der Waals surface area contributed by atoms with Gasteiger partial charge >= 0.3 is 12.0 Å². The summed E-state index contributed by atoms with van der Waals surface area (Å²) in [6.45, 7) is 7.37. The summed E-state index contributed by atoms with van der Waals surface area (Å²) in [5.74, 6) is -0.539. The molecule has 8 nitrogen and oxygen atoms in total. The summed E-state index contributed by atoms with van der Waals surface area (Å²) < 4.78 is 12.3. The van der Waals surface area contributed by atoms with Crippen LogP contribution in [0.5, 0.6) is 0 Å².